The molecule has 28 heavy (non-hydrogen) atoms. The number of hydrogen-bond acceptors (Lipinski definition) is 5. The molecule has 148 valence electrons. The summed E-state index contributed by atoms with van der Waals surface area (Å²) in [6.45, 7) is 4.92. The number of ether oxygens (including phenoxy) is 2. The summed E-state index contributed by atoms with van der Waals surface area (Å²) in [4.78, 5) is 17.8. The zero-order chi connectivity index (χ0) is 21.1. The normalized spacial score (nSPS) is 11.5. The summed E-state index contributed by atoms with van der Waals surface area (Å²) in [6.07, 6.45) is -4.11. The average Bonchev–Trinajstić information content (AvgIpc) is 2.59. The lowest BCUT2D eigenvalue weighted by molar-refractivity contribution is -0.137. The van der Waals surface area contributed by atoms with E-state index in [0.717, 1.165) is 29.2 Å². The Balaban J connectivity index is 2.62. The van der Waals surface area contributed by atoms with Gasteiger partial charge >= 0.3 is 12.3 Å². The summed E-state index contributed by atoms with van der Waals surface area (Å²) in [6, 6.07) is 7.21. The monoisotopic (exact) mass is 393 g/mol. The van der Waals surface area contributed by atoms with E-state index in [1.165, 1.54) is 19.4 Å². The molecule has 0 saturated heterocycles. The maximum atomic E-state index is 12.9. The molecule has 0 N–H and O–H groups in total. The zero-order valence-electron chi connectivity index (χ0n) is 15.7. The molecule has 9 heteroatoms. The standard InChI is InChI=1S/C19H18F3N3O3/c1-18(2,3)28-17(26)25(13-7-5-12(6-8-13)19(20,21)22)16-14(11-23)15(27-4)9-10-24-16/h5-10H,1-4H3. The number of anilines is 2. The van der Waals surface area contributed by atoms with E-state index in [-0.39, 0.29) is 22.8 Å². The average molecular weight is 393 g/mol. The second kappa shape index (κ2) is 7.76. The second-order valence-electron chi connectivity index (χ2n) is 6.68. The van der Waals surface area contributed by atoms with Crippen LogP contribution in [-0.4, -0.2) is 23.8 Å². The van der Waals surface area contributed by atoms with Gasteiger partial charge in [0.15, 0.2) is 5.82 Å². The maximum Gasteiger partial charge on any atom is 0.420 e. The molecule has 2 aromatic rings. The van der Waals surface area contributed by atoms with Crippen molar-refractivity contribution in [3.8, 4) is 11.8 Å². The molecule has 0 bridgehead atoms. The van der Waals surface area contributed by atoms with Crippen LogP contribution in [0.5, 0.6) is 5.75 Å². The molecule has 0 spiro atoms. The van der Waals surface area contributed by atoms with Gasteiger partial charge in [-0.1, -0.05) is 0 Å². The fourth-order valence-electron chi connectivity index (χ4n) is 2.30. The van der Waals surface area contributed by atoms with E-state index in [9.17, 15) is 23.2 Å². The first-order valence-electron chi connectivity index (χ1n) is 8.11. The predicted octanol–water partition coefficient (Wildman–Crippen LogP) is 5.05. The van der Waals surface area contributed by atoms with Gasteiger partial charge in [0.1, 0.15) is 23.0 Å². The van der Waals surface area contributed by atoms with E-state index in [1.54, 1.807) is 20.8 Å². The van der Waals surface area contributed by atoms with E-state index >= 15 is 0 Å². The van der Waals surface area contributed by atoms with Gasteiger partial charge in [0.05, 0.1) is 18.4 Å². The van der Waals surface area contributed by atoms with Crippen molar-refractivity contribution in [3.63, 3.8) is 0 Å². The van der Waals surface area contributed by atoms with Gasteiger partial charge in [-0.15, -0.1) is 0 Å². The van der Waals surface area contributed by atoms with Gasteiger partial charge in [-0.3, -0.25) is 0 Å². The Labute approximate surface area is 160 Å². The highest BCUT2D eigenvalue weighted by molar-refractivity contribution is 5.96. The number of amides is 1. The Hall–Kier alpha value is -3.28. The number of halogens is 3. The molecule has 0 atom stereocenters. The van der Waals surface area contributed by atoms with Crippen LogP contribution in [0.3, 0.4) is 0 Å². The molecule has 0 unspecified atom stereocenters. The van der Waals surface area contributed by atoms with Crippen molar-refractivity contribution in [3.05, 3.63) is 47.7 Å². The first-order valence-corrected chi connectivity index (χ1v) is 8.11. The molecular weight excluding hydrogens is 375 g/mol. The molecule has 0 aliphatic carbocycles. The van der Waals surface area contributed by atoms with Crippen LogP contribution in [0.4, 0.5) is 29.5 Å². The van der Waals surface area contributed by atoms with E-state index in [2.05, 4.69) is 4.98 Å². The van der Waals surface area contributed by atoms with Crippen molar-refractivity contribution in [2.45, 2.75) is 32.5 Å². The Kier molecular flexibility index (Phi) is 5.83. The van der Waals surface area contributed by atoms with Crippen LogP contribution in [0.2, 0.25) is 0 Å². The minimum Gasteiger partial charge on any atom is -0.495 e. The summed E-state index contributed by atoms with van der Waals surface area (Å²) < 4.78 is 49.1. The van der Waals surface area contributed by atoms with Crippen molar-refractivity contribution in [2.75, 3.05) is 12.0 Å². The molecule has 0 aliphatic rings. The molecule has 0 radical (unpaired) electrons. The third kappa shape index (κ3) is 4.71. The lowest BCUT2D eigenvalue weighted by atomic mass is 10.1. The number of nitriles is 1. The SMILES string of the molecule is COc1ccnc(N(C(=O)OC(C)(C)C)c2ccc(C(F)(F)F)cc2)c1C#N. The lowest BCUT2D eigenvalue weighted by Gasteiger charge is -2.27. The number of hydrogen-bond donors (Lipinski definition) is 0. The molecule has 0 aliphatic heterocycles. The number of rotatable bonds is 3. The first kappa shape index (κ1) is 21.0. The van der Waals surface area contributed by atoms with Crippen LogP contribution in [0, 0.1) is 11.3 Å². The number of carbonyl (C=O) groups is 1. The highest BCUT2D eigenvalue weighted by Gasteiger charge is 2.32. The number of methoxy groups -OCH3 is 1. The van der Waals surface area contributed by atoms with Gasteiger partial charge in [0.25, 0.3) is 0 Å². The van der Waals surface area contributed by atoms with Crippen LogP contribution in [-0.2, 0) is 10.9 Å². The molecule has 6 nitrogen and oxygen atoms in total. The summed E-state index contributed by atoms with van der Waals surface area (Å²) in [5, 5.41) is 9.49. The summed E-state index contributed by atoms with van der Waals surface area (Å²) in [7, 11) is 1.34. The van der Waals surface area contributed by atoms with E-state index in [0.29, 0.717) is 0 Å². The Morgan fingerprint density at radius 3 is 2.21 bits per heavy atom. The quantitative estimate of drug-likeness (QED) is 0.729. The minimum atomic E-state index is -4.53. The first-order chi connectivity index (χ1) is 13.0. The van der Waals surface area contributed by atoms with Crippen LogP contribution in [0.15, 0.2) is 36.5 Å². The Morgan fingerprint density at radius 1 is 1.14 bits per heavy atom. The van der Waals surface area contributed by atoms with E-state index in [1.807, 2.05) is 6.07 Å². The predicted molar refractivity (Wildman–Crippen MR) is 95.3 cm³/mol. The van der Waals surface area contributed by atoms with Crippen LogP contribution >= 0.6 is 0 Å². The van der Waals surface area contributed by atoms with Crippen molar-refractivity contribution in [1.82, 2.24) is 4.98 Å². The lowest BCUT2D eigenvalue weighted by Crippen LogP contribution is -2.34. The van der Waals surface area contributed by atoms with Crippen molar-refractivity contribution < 1.29 is 27.4 Å². The number of benzene rings is 1. The zero-order valence-corrected chi connectivity index (χ0v) is 15.7. The molecule has 1 heterocycles. The van der Waals surface area contributed by atoms with Gasteiger partial charge in [0, 0.05) is 6.20 Å². The summed E-state index contributed by atoms with van der Waals surface area (Å²) >= 11 is 0. The van der Waals surface area contributed by atoms with E-state index in [4.69, 9.17) is 9.47 Å². The smallest absolute Gasteiger partial charge is 0.420 e. The molecule has 1 aromatic heterocycles. The van der Waals surface area contributed by atoms with Gasteiger partial charge in [-0.2, -0.15) is 18.4 Å². The van der Waals surface area contributed by atoms with Gasteiger partial charge in [-0.25, -0.2) is 14.7 Å². The highest BCUT2D eigenvalue weighted by Crippen LogP contribution is 2.35. The fourth-order valence-corrected chi connectivity index (χ4v) is 2.30. The molecule has 0 fully saturated rings. The second-order valence-corrected chi connectivity index (χ2v) is 6.68. The number of nitrogens with zero attached hydrogens (tertiary/aromatic N) is 3. The summed E-state index contributed by atoms with van der Waals surface area (Å²) in [5.41, 5.74) is -1.76. The van der Waals surface area contributed by atoms with Gasteiger partial charge < -0.3 is 9.47 Å². The fraction of sp³-hybridized carbons (Fsp3) is 0.316. The third-order valence-electron chi connectivity index (χ3n) is 3.47. The van der Waals surface area contributed by atoms with Crippen LogP contribution < -0.4 is 9.64 Å². The molecule has 0 saturated carbocycles. The van der Waals surface area contributed by atoms with Crippen molar-refractivity contribution in [1.29, 1.82) is 5.26 Å². The van der Waals surface area contributed by atoms with Crippen molar-refractivity contribution >= 4 is 17.6 Å². The van der Waals surface area contributed by atoms with Gasteiger partial charge in [-0.05, 0) is 51.1 Å². The molecular formula is C19H18F3N3O3. The third-order valence-corrected chi connectivity index (χ3v) is 3.47. The number of alkyl halides is 3. The Bertz CT molecular complexity index is 898. The topological polar surface area (TPSA) is 75.4 Å². The number of carbonyl (C=O) groups excluding carboxylic acids is 1. The molecule has 2 rings (SSSR count). The van der Waals surface area contributed by atoms with Crippen LogP contribution in [0.1, 0.15) is 31.9 Å². The highest BCUT2D eigenvalue weighted by atomic mass is 19.4. The largest absolute Gasteiger partial charge is 0.495 e. The number of pyridine rings is 1. The van der Waals surface area contributed by atoms with E-state index < -0.39 is 23.4 Å². The molecule has 1 aromatic carbocycles. The van der Waals surface area contributed by atoms with Crippen LogP contribution in [0.25, 0.3) is 0 Å². The minimum absolute atomic E-state index is 0.0551. The number of aromatic nitrogens is 1. The summed E-state index contributed by atoms with van der Waals surface area (Å²) in [5.74, 6) is 0.0452. The maximum absolute atomic E-state index is 12.9. The Morgan fingerprint density at radius 2 is 1.75 bits per heavy atom. The molecule has 1 amide bonds. The van der Waals surface area contributed by atoms with Crippen molar-refractivity contribution in [2.24, 2.45) is 0 Å². The van der Waals surface area contributed by atoms with Gasteiger partial charge in [0.2, 0.25) is 0 Å².